The fourth-order valence-corrected chi connectivity index (χ4v) is 1.90. The molecule has 0 aliphatic carbocycles. The summed E-state index contributed by atoms with van der Waals surface area (Å²) >= 11 is 4.89. The van der Waals surface area contributed by atoms with E-state index in [4.69, 9.17) is 18.0 Å². The van der Waals surface area contributed by atoms with E-state index in [9.17, 15) is 4.79 Å². The van der Waals surface area contributed by atoms with E-state index in [0.29, 0.717) is 30.1 Å². The van der Waals surface area contributed by atoms with Crippen LogP contribution in [0.1, 0.15) is 23.2 Å². The van der Waals surface area contributed by atoms with Crippen molar-refractivity contribution in [3.8, 4) is 0 Å². The number of hydrogen-bond acceptors (Lipinski definition) is 4. The van der Waals surface area contributed by atoms with E-state index in [1.165, 1.54) is 0 Å². The van der Waals surface area contributed by atoms with Crippen molar-refractivity contribution >= 4 is 23.1 Å². The van der Waals surface area contributed by atoms with Gasteiger partial charge in [0.15, 0.2) is 0 Å². The van der Waals surface area contributed by atoms with Crippen LogP contribution in [0.15, 0.2) is 24.5 Å². The fourth-order valence-electron chi connectivity index (χ4n) is 1.81. The first-order valence-electron chi connectivity index (χ1n) is 6.63. The number of carbonyl (C=O) groups is 1. The Morgan fingerprint density at radius 3 is 2.65 bits per heavy atom. The average Bonchev–Trinajstić information content (AvgIpc) is 2.42. The lowest BCUT2D eigenvalue weighted by Crippen LogP contribution is -2.35. The van der Waals surface area contributed by atoms with Crippen molar-refractivity contribution < 1.29 is 4.79 Å². The second-order valence-electron chi connectivity index (χ2n) is 4.91. The van der Waals surface area contributed by atoms with Gasteiger partial charge in [0.25, 0.3) is 5.91 Å². The number of aromatic nitrogens is 1. The maximum absolute atomic E-state index is 12.4. The van der Waals surface area contributed by atoms with E-state index in [1.807, 2.05) is 14.1 Å². The van der Waals surface area contributed by atoms with Crippen molar-refractivity contribution in [1.29, 1.82) is 0 Å². The minimum atomic E-state index is -0.0203. The lowest BCUT2D eigenvalue weighted by molar-refractivity contribution is 0.0754. The van der Waals surface area contributed by atoms with E-state index in [0.717, 1.165) is 13.0 Å². The molecule has 0 aliphatic heterocycles. The third-order valence-electron chi connectivity index (χ3n) is 2.86. The van der Waals surface area contributed by atoms with Crippen LogP contribution in [0.25, 0.3) is 0 Å². The van der Waals surface area contributed by atoms with Crippen LogP contribution in [0.2, 0.25) is 0 Å². The van der Waals surface area contributed by atoms with E-state index in [-0.39, 0.29) is 5.91 Å². The number of hydrogen-bond donors (Lipinski definition) is 1. The SMILES string of the molecule is CN(C)CCCN(CCC(N)=S)C(=O)c1cccnc1. The molecule has 1 amide bonds. The number of thiocarbonyl (C=S) groups is 1. The first kappa shape index (κ1) is 16.5. The van der Waals surface area contributed by atoms with Gasteiger partial charge in [-0.1, -0.05) is 12.2 Å². The van der Waals surface area contributed by atoms with Crippen LogP contribution in [0.4, 0.5) is 0 Å². The predicted octanol–water partition coefficient (Wildman–Crippen LogP) is 1.15. The first-order valence-corrected chi connectivity index (χ1v) is 7.04. The van der Waals surface area contributed by atoms with Crippen LogP contribution in [-0.2, 0) is 0 Å². The number of amides is 1. The van der Waals surface area contributed by atoms with Gasteiger partial charge < -0.3 is 15.5 Å². The molecular formula is C14H22N4OS. The summed E-state index contributed by atoms with van der Waals surface area (Å²) in [5.41, 5.74) is 6.13. The van der Waals surface area contributed by atoms with Crippen molar-refractivity contribution in [3.05, 3.63) is 30.1 Å². The highest BCUT2D eigenvalue weighted by molar-refractivity contribution is 7.80. The molecule has 0 fully saturated rings. The molecule has 1 heterocycles. The molecule has 20 heavy (non-hydrogen) atoms. The molecule has 0 unspecified atom stereocenters. The topological polar surface area (TPSA) is 62.5 Å². The Bertz CT molecular complexity index is 436. The van der Waals surface area contributed by atoms with E-state index in [2.05, 4.69) is 9.88 Å². The fraction of sp³-hybridized carbons (Fsp3) is 0.500. The zero-order chi connectivity index (χ0) is 15.0. The second-order valence-corrected chi connectivity index (χ2v) is 5.43. The van der Waals surface area contributed by atoms with Crippen LogP contribution in [-0.4, -0.2) is 59.4 Å². The Morgan fingerprint density at radius 1 is 1.35 bits per heavy atom. The summed E-state index contributed by atoms with van der Waals surface area (Å²) in [6.45, 7) is 2.18. The van der Waals surface area contributed by atoms with Gasteiger partial charge in [0, 0.05) is 31.9 Å². The molecule has 1 aromatic heterocycles. The van der Waals surface area contributed by atoms with Gasteiger partial charge in [-0.15, -0.1) is 0 Å². The summed E-state index contributed by atoms with van der Waals surface area (Å²) in [6, 6.07) is 3.54. The monoisotopic (exact) mass is 294 g/mol. The molecule has 2 N–H and O–H groups in total. The smallest absolute Gasteiger partial charge is 0.255 e. The van der Waals surface area contributed by atoms with Crippen molar-refractivity contribution in [2.24, 2.45) is 5.73 Å². The third-order valence-corrected chi connectivity index (χ3v) is 3.06. The summed E-state index contributed by atoms with van der Waals surface area (Å²) in [6.07, 6.45) is 4.70. The van der Waals surface area contributed by atoms with E-state index in [1.54, 1.807) is 29.4 Å². The summed E-state index contributed by atoms with van der Waals surface area (Å²) in [7, 11) is 4.03. The number of rotatable bonds is 8. The van der Waals surface area contributed by atoms with Gasteiger partial charge in [0.2, 0.25) is 0 Å². The van der Waals surface area contributed by atoms with E-state index >= 15 is 0 Å². The Hall–Kier alpha value is -1.53. The largest absolute Gasteiger partial charge is 0.393 e. The molecule has 110 valence electrons. The van der Waals surface area contributed by atoms with Gasteiger partial charge in [0.05, 0.1) is 10.6 Å². The first-order chi connectivity index (χ1) is 9.50. The summed E-state index contributed by atoms with van der Waals surface area (Å²) < 4.78 is 0. The standard InChI is InChI=1S/C14H22N4OS/c1-17(2)8-4-9-18(10-6-13(15)20)14(19)12-5-3-7-16-11-12/h3,5,7,11H,4,6,8-10H2,1-2H3,(H2,15,20). The van der Waals surface area contributed by atoms with Crippen LogP contribution < -0.4 is 5.73 Å². The minimum Gasteiger partial charge on any atom is -0.393 e. The molecule has 0 aliphatic rings. The van der Waals surface area contributed by atoms with Crippen molar-refractivity contribution in [3.63, 3.8) is 0 Å². The minimum absolute atomic E-state index is 0.0203. The van der Waals surface area contributed by atoms with Gasteiger partial charge >= 0.3 is 0 Å². The number of nitrogens with zero attached hydrogens (tertiary/aromatic N) is 3. The molecule has 1 aromatic rings. The molecular weight excluding hydrogens is 272 g/mol. The highest BCUT2D eigenvalue weighted by Gasteiger charge is 2.15. The third kappa shape index (κ3) is 6.08. The van der Waals surface area contributed by atoms with Gasteiger partial charge in [-0.3, -0.25) is 9.78 Å². The lowest BCUT2D eigenvalue weighted by Gasteiger charge is -2.23. The molecule has 5 nitrogen and oxygen atoms in total. The zero-order valence-corrected chi connectivity index (χ0v) is 12.9. The quantitative estimate of drug-likeness (QED) is 0.729. The normalized spacial score (nSPS) is 10.6. The molecule has 1 rings (SSSR count). The van der Waals surface area contributed by atoms with Crippen molar-refractivity contribution in [2.45, 2.75) is 12.8 Å². The van der Waals surface area contributed by atoms with Crippen LogP contribution in [0.5, 0.6) is 0 Å². The van der Waals surface area contributed by atoms with Gasteiger partial charge in [-0.05, 0) is 39.2 Å². The lowest BCUT2D eigenvalue weighted by atomic mass is 10.2. The van der Waals surface area contributed by atoms with Crippen molar-refractivity contribution in [1.82, 2.24) is 14.8 Å². The maximum Gasteiger partial charge on any atom is 0.255 e. The molecule has 0 radical (unpaired) electrons. The highest BCUT2D eigenvalue weighted by Crippen LogP contribution is 2.05. The second kappa shape index (κ2) is 8.60. The molecule has 0 atom stereocenters. The van der Waals surface area contributed by atoms with Crippen LogP contribution in [0.3, 0.4) is 0 Å². The maximum atomic E-state index is 12.4. The van der Waals surface area contributed by atoms with Gasteiger partial charge in [0.1, 0.15) is 0 Å². The Morgan fingerprint density at radius 2 is 2.10 bits per heavy atom. The number of carbonyl (C=O) groups excluding carboxylic acids is 1. The summed E-state index contributed by atoms with van der Waals surface area (Å²) in [5, 5.41) is 0. The average molecular weight is 294 g/mol. The zero-order valence-electron chi connectivity index (χ0n) is 12.1. The van der Waals surface area contributed by atoms with Crippen molar-refractivity contribution in [2.75, 3.05) is 33.7 Å². The number of pyridine rings is 1. The molecule has 0 saturated heterocycles. The molecule has 6 heteroatoms. The Balaban J connectivity index is 2.65. The summed E-state index contributed by atoms with van der Waals surface area (Å²) in [5.74, 6) is -0.0203. The Labute approximate surface area is 125 Å². The van der Waals surface area contributed by atoms with Crippen LogP contribution >= 0.6 is 12.2 Å². The van der Waals surface area contributed by atoms with Crippen LogP contribution in [0, 0.1) is 0 Å². The molecule has 0 bridgehead atoms. The Kier molecular flexibility index (Phi) is 7.11. The molecule has 0 aromatic carbocycles. The van der Waals surface area contributed by atoms with Gasteiger partial charge in [-0.2, -0.15) is 0 Å². The highest BCUT2D eigenvalue weighted by atomic mass is 32.1. The van der Waals surface area contributed by atoms with E-state index < -0.39 is 0 Å². The molecule has 0 saturated carbocycles. The molecule has 0 spiro atoms. The summed E-state index contributed by atoms with van der Waals surface area (Å²) in [4.78, 5) is 20.7. The number of nitrogens with two attached hydrogens (primary N) is 1. The van der Waals surface area contributed by atoms with Gasteiger partial charge in [-0.25, -0.2) is 0 Å². The predicted molar refractivity (Wildman–Crippen MR) is 84.7 cm³/mol.